The van der Waals surface area contributed by atoms with Crippen LogP contribution in [0.15, 0.2) is 24.3 Å². The Bertz CT molecular complexity index is 384. The molecule has 3 heteroatoms. The van der Waals surface area contributed by atoms with Gasteiger partial charge in [-0.1, -0.05) is 39.8 Å². The molecule has 0 saturated carbocycles. The van der Waals surface area contributed by atoms with Gasteiger partial charge < -0.3 is 5.32 Å². The number of halogens is 1. The van der Waals surface area contributed by atoms with E-state index in [2.05, 4.69) is 5.32 Å². The molecule has 1 atom stereocenters. The van der Waals surface area contributed by atoms with Gasteiger partial charge in [-0.05, 0) is 17.7 Å². The average Bonchev–Trinajstić information content (AvgIpc) is 2.30. The zero-order valence-electron chi connectivity index (χ0n) is 11.5. The van der Waals surface area contributed by atoms with E-state index in [9.17, 15) is 9.18 Å². The van der Waals surface area contributed by atoms with Crippen LogP contribution in [0.5, 0.6) is 0 Å². The van der Waals surface area contributed by atoms with Crippen molar-refractivity contribution in [2.45, 2.75) is 39.7 Å². The highest BCUT2D eigenvalue weighted by Crippen LogP contribution is 2.20. The minimum Gasteiger partial charge on any atom is -0.313 e. The van der Waals surface area contributed by atoms with Crippen LogP contribution in [-0.4, -0.2) is 18.4 Å². The van der Waals surface area contributed by atoms with Crippen LogP contribution >= 0.6 is 0 Å². The lowest BCUT2D eigenvalue weighted by molar-refractivity contribution is -0.123. The zero-order valence-corrected chi connectivity index (χ0v) is 11.5. The zero-order chi connectivity index (χ0) is 13.7. The fourth-order valence-electron chi connectivity index (χ4n) is 1.83. The second-order valence-corrected chi connectivity index (χ2v) is 5.22. The number of ketones is 1. The van der Waals surface area contributed by atoms with E-state index in [4.69, 9.17) is 0 Å². The van der Waals surface area contributed by atoms with Gasteiger partial charge in [0.1, 0.15) is 11.6 Å². The normalized spacial score (nSPS) is 13.1. The summed E-state index contributed by atoms with van der Waals surface area (Å²) in [5, 5.41) is 3.28. The molecule has 0 radical (unpaired) electrons. The number of carbonyl (C=O) groups is 1. The molecule has 0 fully saturated rings. The Kier molecular flexibility index (Phi) is 5.48. The second-order valence-electron chi connectivity index (χ2n) is 5.22. The maximum Gasteiger partial charge on any atom is 0.144 e. The minimum atomic E-state index is -0.272. The van der Waals surface area contributed by atoms with Gasteiger partial charge in [0.2, 0.25) is 0 Å². The van der Waals surface area contributed by atoms with Crippen molar-refractivity contribution >= 4 is 5.78 Å². The van der Waals surface area contributed by atoms with E-state index in [-0.39, 0.29) is 23.4 Å². The predicted molar refractivity (Wildman–Crippen MR) is 72.1 cm³/mol. The first-order valence-corrected chi connectivity index (χ1v) is 6.44. The number of hydrogen-bond acceptors (Lipinski definition) is 2. The van der Waals surface area contributed by atoms with E-state index in [1.54, 1.807) is 12.1 Å². The first-order valence-electron chi connectivity index (χ1n) is 6.44. The van der Waals surface area contributed by atoms with Crippen LogP contribution < -0.4 is 5.32 Å². The van der Waals surface area contributed by atoms with Gasteiger partial charge in [0.25, 0.3) is 0 Å². The quantitative estimate of drug-likeness (QED) is 0.841. The first-order chi connectivity index (χ1) is 8.41. The third-order valence-corrected chi connectivity index (χ3v) is 2.92. The summed E-state index contributed by atoms with van der Waals surface area (Å²) >= 11 is 0. The van der Waals surface area contributed by atoms with Crippen LogP contribution in [0.1, 0.15) is 39.2 Å². The Balaban J connectivity index is 2.89. The molecule has 0 heterocycles. The number of Topliss-reactive ketones (excluding diaryl/α,β-unsaturated/α-hetero) is 1. The summed E-state index contributed by atoms with van der Waals surface area (Å²) in [6.07, 6.45) is 0. The highest BCUT2D eigenvalue weighted by atomic mass is 19.1. The molecule has 0 amide bonds. The molecule has 1 N–H and O–H groups in total. The van der Waals surface area contributed by atoms with Crippen molar-refractivity contribution < 1.29 is 9.18 Å². The third kappa shape index (κ3) is 4.22. The van der Waals surface area contributed by atoms with Gasteiger partial charge in [0, 0.05) is 18.5 Å². The lowest BCUT2D eigenvalue weighted by atomic mass is 9.88. The van der Waals surface area contributed by atoms with Gasteiger partial charge in [0.15, 0.2) is 0 Å². The van der Waals surface area contributed by atoms with Crippen LogP contribution in [0.3, 0.4) is 0 Å². The lowest BCUT2D eigenvalue weighted by Crippen LogP contribution is -2.33. The van der Waals surface area contributed by atoms with Crippen LogP contribution in [0, 0.1) is 11.7 Å². The van der Waals surface area contributed by atoms with Crippen molar-refractivity contribution in [3.63, 3.8) is 0 Å². The van der Waals surface area contributed by atoms with Gasteiger partial charge >= 0.3 is 0 Å². The summed E-state index contributed by atoms with van der Waals surface area (Å²) < 4.78 is 12.9. The highest BCUT2D eigenvalue weighted by Gasteiger charge is 2.23. The maximum atomic E-state index is 12.9. The van der Waals surface area contributed by atoms with Crippen LogP contribution in [0.2, 0.25) is 0 Å². The minimum absolute atomic E-state index is 0.0194. The Hall–Kier alpha value is -1.22. The first kappa shape index (κ1) is 14.8. The summed E-state index contributed by atoms with van der Waals surface area (Å²) in [6.45, 7) is 8.48. The summed E-state index contributed by atoms with van der Waals surface area (Å²) in [5.41, 5.74) is 0.878. The molecular weight excluding hydrogens is 229 g/mol. The number of rotatable bonds is 6. The summed E-state index contributed by atoms with van der Waals surface area (Å²) in [4.78, 5) is 12.2. The summed E-state index contributed by atoms with van der Waals surface area (Å²) in [6, 6.07) is 6.54. The van der Waals surface area contributed by atoms with Crippen LogP contribution in [0.25, 0.3) is 0 Å². The van der Waals surface area contributed by atoms with E-state index in [0.29, 0.717) is 12.6 Å². The van der Waals surface area contributed by atoms with Crippen molar-refractivity contribution in [3.8, 4) is 0 Å². The fourth-order valence-corrected chi connectivity index (χ4v) is 1.83. The topological polar surface area (TPSA) is 29.1 Å². The van der Waals surface area contributed by atoms with Crippen molar-refractivity contribution in [2.75, 3.05) is 6.54 Å². The van der Waals surface area contributed by atoms with Crippen molar-refractivity contribution in [1.82, 2.24) is 5.32 Å². The number of carbonyl (C=O) groups excluding carboxylic acids is 1. The molecular formula is C15H22FNO. The third-order valence-electron chi connectivity index (χ3n) is 2.92. The van der Waals surface area contributed by atoms with Gasteiger partial charge in [-0.15, -0.1) is 0 Å². The Morgan fingerprint density at radius 3 is 2.17 bits per heavy atom. The molecule has 0 aliphatic heterocycles. The van der Waals surface area contributed by atoms with E-state index in [0.717, 1.165) is 5.56 Å². The molecule has 0 saturated heterocycles. The summed E-state index contributed by atoms with van der Waals surface area (Å²) in [7, 11) is 0. The Labute approximate surface area is 109 Å². The second kappa shape index (κ2) is 6.64. The van der Waals surface area contributed by atoms with Crippen molar-refractivity contribution in [3.05, 3.63) is 35.6 Å². The van der Waals surface area contributed by atoms with E-state index in [1.807, 2.05) is 27.7 Å². The fraction of sp³-hybridized carbons (Fsp3) is 0.533. The van der Waals surface area contributed by atoms with Gasteiger partial charge in [0.05, 0.1) is 5.92 Å². The summed E-state index contributed by atoms with van der Waals surface area (Å²) in [5.74, 6) is -0.303. The van der Waals surface area contributed by atoms with Crippen LogP contribution in [-0.2, 0) is 4.79 Å². The van der Waals surface area contributed by atoms with E-state index in [1.165, 1.54) is 12.1 Å². The highest BCUT2D eigenvalue weighted by molar-refractivity contribution is 5.87. The molecule has 1 unspecified atom stereocenters. The van der Waals surface area contributed by atoms with Gasteiger partial charge in [-0.3, -0.25) is 4.79 Å². The maximum absolute atomic E-state index is 12.9. The predicted octanol–water partition coefficient (Wildman–Crippen LogP) is 3.13. The average molecular weight is 251 g/mol. The lowest BCUT2D eigenvalue weighted by Gasteiger charge is -2.20. The number of benzene rings is 1. The molecule has 0 bridgehead atoms. The molecule has 1 aromatic carbocycles. The van der Waals surface area contributed by atoms with Crippen LogP contribution in [0.4, 0.5) is 4.39 Å². The van der Waals surface area contributed by atoms with Crippen molar-refractivity contribution in [2.24, 2.45) is 5.92 Å². The molecule has 0 aliphatic carbocycles. The molecule has 100 valence electrons. The van der Waals surface area contributed by atoms with Crippen molar-refractivity contribution in [1.29, 1.82) is 0 Å². The molecule has 1 rings (SSSR count). The number of nitrogens with one attached hydrogen (secondary N) is 1. The molecule has 1 aromatic rings. The largest absolute Gasteiger partial charge is 0.313 e. The number of hydrogen-bond donors (Lipinski definition) is 1. The monoisotopic (exact) mass is 251 g/mol. The SMILES string of the molecule is CC(C)NCC(C(=O)C(C)C)c1ccc(F)cc1. The molecule has 0 aromatic heterocycles. The van der Waals surface area contributed by atoms with E-state index < -0.39 is 0 Å². The Morgan fingerprint density at radius 2 is 1.72 bits per heavy atom. The van der Waals surface area contributed by atoms with Gasteiger partial charge in [-0.25, -0.2) is 4.39 Å². The smallest absolute Gasteiger partial charge is 0.144 e. The van der Waals surface area contributed by atoms with E-state index >= 15 is 0 Å². The molecule has 18 heavy (non-hydrogen) atoms. The molecule has 2 nitrogen and oxygen atoms in total. The standard InChI is InChI=1S/C15H22FNO/c1-10(2)15(18)14(9-17-11(3)4)12-5-7-13(16)8-6-12/h5-8,10-11,14,17H,9H2,1-4H3. The van der Waals surface area contributed by atoms with Gasteiger partial charge in [-0.2, -0.15) is 0 Å². The Morgan fingerprint density at radius 1 is 1.17 bits per heavy atom. The molecule has 0 aliphatic rings. The molecule has 0 spiro atoms.